The second-order valence-corrected chi connectivity index (χ2v) is 3.83. The largest absolute Gasteiger partial charge is 0.490 e. The molecule has 0 spiro atoms. The zero-order valence-electron chi connectivity index (χ0n) is 8.68. The van der Waals surface area contributed by atoms with Crippen molar-refractivity contribution in [2.45, 2.75) is 25.4 Å². The van der Waals surface area contributed by atoms with Gasteiger partial charge in [0.2, 0.25) is 0 Å². The summed E-state index contributed by atoms with van der Waals surface area (Å²) < 4.78 is 5.59. The number of ether oxygens (including phenoxy) is 1. The molecule has 0 bridgehead atoms. The van der Waals surface area contributed by atoms with E-state index in [0.717, 1.165) is 12.8 Å². The molecule has 0 aromatic heterocycles. The average Bonchev–Trinajstić information content (AvgIpc) is 2.23. The summed E-state index contributed by atoms with van der Waals surface area (Å²) in [5.74, 6) is -1.64. The fourth-order valence-corrected chi connectivity index (χ4v) is 1.49. The molecular formula is C12H12O4. The van der Waals surface area contributed by atoms with Gasteiger partial charge < -0.3 is 9.84 Å². The highest BCUT2D eigenvalue weighted by Gasteiger charge is 2.19. The number of ketones is 1. The predicted molar refractivity (Wildman–Crippen MR) is 56.7 cm³/mol. The average molecular weight is 220 g/mol. The molecule has 0 amide bonds. The van der Waals surface area contributed by atoms with Crippen molar-refractivity contribution in [1.29, 1.82) is 0 Å². The van der Waals surface area contributed by atoms with Crippen LogP contribution < -0.4 is 4.74 Å². The summed E-state index contributed by atoms with van der Waals surface area (Å²) in [5, 5.41) is 8.52. The third-order valence-corrected chi connectivity index (χ3v) is 2.67. The van der Waals surface area contributed by atoms with Gasteiger partial charge in [-0.2, -0.15) is 0 Å². The summed E-state index contributed by atoms with van der Waals surface area (Å²) in [4.78, 5) is 21.5. The number of hydrogen-bond donors (Lipinski definition) is 1. The standard InChI is InChI=1S/C12H12O4/c13-11(12(14)15)8-4-6-10(7-5-8)16-9-2-1-3-9/h4-7,9H,1-3H2,(H,14,15). The summed E-state index contributed by atoms with van der Waals surface area (Å²) >= 11 is 0. The molecule has 84 valence electrons. The number of aliphatic carboxylic acids is 1. The van der Waals surface area contributed by atoms with Crippen LogP contribution in [0.4, 0.5) is 0 Å². The van der Waals surface area contributed by atoms with Gasteiger partial charge in [0.05, 0.1) is 6.10 Å². The van der Waals surface area contributed by atoms with Crippen molar-refractivity contribution in [1.82, 2.24) is 0 Å². The van der Waals surface area contributed by atoms with E-state index in [1.807, 2.05) is 0 Å². The Morgan fingerprint density at radius 1 is 1.19 bits per heavy atom. The highest BCUT2D eigenvalue weighted by Crippen LogP contribution is 2.25. The molecule has 4 heteroatoms. The lowest BCUT2D eigenvalue weighted by molar-refractivity contribution is -0.131. The molecule has 1 N–H and O–H groups in total. The van der Waals surface area contributed by atoms with E-state index in [1.54, 1.807) is 12.1 Å². The quantitative estimate of drug-likeness (QED) is 0.621. The Bertz CT molecular complexity index is 404. The maximum atomic E-state index is 11.1. The molecule has 0 atom stereocenters. The van der Waals surface area contributed by atoms with Gasteiger partial charge in [0.25, 0.3) is 5.78 Å². The number of benzene rings is 1. The van der Waals surface area contributed by atoms with E-state index in [-0.39, 0.29) is 11.7 Å². The minimum absolute atomic E-state index is 0.174. The Balaban J connectivity index is 2.03. The van der Waals surface area contributed by atoms with Crippen LogP contribution in [-0.2, 0) is 4.79 Å². The van der Waals surface area contributed by atoms with E-state index < -0.39 is 11.8 Å². The maximum Gasteiger partial charge on any atom is 0.377 e. The number of Topliss-reactive ketones (excluding diaryl/α,β-unsaturated/α-hetero) is 1. The predicted octanol–water partition coefficient (Wildman–Crippen LogP) is 1.89. The monoisotopic (exact) mass is 220 g/mol. The van der Waals surface area contributed by atoms with Crippen LogP contribution in [0, 0.1) is 0 Å². The van der Waals surface area contributed by atoms with E-state index in [4.69, 9.17) is 9.84 Å². The van der Waals surface area contributed by atoms with Gasteiger partial charge in [-0.3, -0.25) is 4.79 Å². The van der Waals surface area contributed by atoms with Gasteiger partial charge in [0.1, 0.15) is 5.75 Å². The first-order valence-corrected chi connectivity index (χ1v) is 5.21. The molecule has 2 rings (SSSR count). The van der Waals surface area contributed by atoms with Gasteiger partial charge in [-0.05, 0) is 43.5 Å². The van der Waals surface area contributed by atoms with E-state index in [9.17, 15) is 9.59 Å². The van der Waals surface area contributed by atoms with Crippen molar-refractivity contribution in [3.63, 3.8) is 0 Å². The van der Waals surface area contributed by atoms with Crippen molar-refractivity contribution in [3.05, 3.63) is 29.8 Å². The van der Waals surface area contributed by atoms with Gasteiger partial charge in [-0.15, -0.1) is 0 Å². The van der Waals surface area contributed by atoms with Gasteiger partial charge >= 0.3 is 5.97 Å². The van der Waals surface area contributed by atoms with Crippen LogP contribution in [0.15, 0.2) is 24.3 Å². The topological polar surface area (TPSA) is 63.6 Å². The molecule has 0 saturated heterocycles. The van der Waals surface area contributed by atoms with E-state index in [1.165, 1.54) is 18.6 Å². The van der Waals surface area contributed by atoms with Crippen molar-refractivity contribution < 1.29 is 19.4 Å². The molecular weight excluding hydrogens is 208 g/mol. The van der Waals surface area contributed by atoms with Gasteiger partial charge in [0, 0.05) is 5.56 Å². The van der Waals surface area contributed by atoms with Crippen molar-refractivity contribution in [2.24, 2.45) is 0 Å². The van der Waals surface area contributed by atoms with Crippen LogP contribution >= 0.6 is 0 Å². The van der Waals surface area contributed by atoms with E-state index >= 15 is 0 Å². The molecule has 0 radical (unpaired) electrons. The summed E-state index contributed by atoms with van der Waals surface area (Å²) in [6, 6.07) is 6.22. The Kier molecular flexibility index (Phi) is 2.90. The first-order valence-electron chi connectivity index (χ1n) is 5.21. The van der Waals surface area contributed by atoms with Gasteiger partial charge in [-0.1, -0.05) is 0 Å². The molecule has 1 aromatic carbocycles. The van der Waals surface area contributed by atoms with Crippen molar-refractivity contribution in [2.75, 3.05) is 0 Å². The maximum absolute atomic E-state index is 11.1. The molecule has 1 fully saturated rings. The molecule has 0 aliphatic heterocycles. The number of carbonyl (C=O) groups excluding carboxylic acids is 1. The Hall–Kier alpha value is -1.84. The zero-order chi connectivity index (χ0) is 11.5. The molecule has 16 heavy (non-hydrogen) atoms. The van der Waals surface area contributed by atoms with Crippen LogP contribution in [0.1, 0.15) is 29.6 Å². The molecule has 1 saturated carbocycles. The summed E-state index contributed by atoms with van der Waals surface area (Å²) in [6.45, 7) is 0. The Labute approximate surface area is 92.8 Å². The molecule has 1 aromatic rings. The van der Waals surface area contributed by atoms with Gasteiger partial charge in [-0.25, -0.2) is 4.79 Å². The first-order chi connectivity index (χ1) is 7.66. The number of hydrogen-bond acceptors (Lipinski definition) is 3. The van der Waals surface area contributed by atoms with Gasteiger partial charge in [0.15, 0.2) is 0 Å². The second-order valence-electron chi connectivity index (χ2n) is 3.83. The Morgan fingerprint density at radius 3 is 2.25 bits per heavy atom. The smallest absolute Gasteiger partial charge is 0.377 e. The second kappa shape index (κ2) is 4.35. The van der Waals surface area contributed by atoms with Crippen LogP contribution in [-0.4, -0.2) is 23.0 Å². The first kappa shape index (κ1) is 10.7. The molecule has 1 aliphatic rings. The van der Waals surface area contributed by atoms with Crippen LogP contribution in [0.3, 0.4) is 0 Å². The SMILES string of the molecule is O=C(O)C(=O)c1ccc(OC2CCC2)cc1. The van der Waals surface area contributed by atoms with Crippen molar-refractivity contribution in [3.8, 4) is 5.75 Å². The highest BCUT2D eigenvalue weighted by atomic mass is 16.5. The lowest BCUT2D eigenvalue weighted by Crippen LogP contribution is -2.24. The normalized spacial score (nSPS) is 15.2. The third-order valence-electron chi connectivity index (χ3n) is 2.67. The molecule has 0 unspecified atom stereocenters. The fourth-order valence-electron chi connectivity index (χ4n) is 1.49. The summed E-state index contributed by atoms with van der Waals surface area (Å²) in [6.07, 6.45) is 3.60. The molecule has 4 nitrogen and oxygen atoms in total. The lowest BCUT2D eigenvalue weighted by Gasteiger charge is -2.26. The zero-order valence-corrected chi connectivity index (χ0v) is 8.68. The fraction of sp³-hybridized carbons (Fsp3) is 0.333. The minimum Gasteiger partial charge on any atom is -0.490 e. The number of carboxylic acids is 1. The number of rotatable bonds is 4. The van der Waals surface area contributed by atoms with Crippen LogP contribution in [0.2, 0.25) is 0 Å². The summed E-state index contributed by atoms with van der Waals surface area (Å²) in [5.41, 5.74) is 0.174. The Morgan fingerprint density at radius 2 is 1.81 bits per heavy atom. The summed E-state index contributed by atoms with van der Waals surface area (Å²) in [7, 11) is 0. The van der Waals surface area contributed by atoms with E-state index in [2.05, 4.69) is 0 Å². The highest BCUT2D eigenvalue weighted by molar-refractivity contribution is 6.39. The molecule has 1 aliphatic carbocycles. The lowest BCUT2D eigenvalue weighted by atomic mass is 9.96. The van der Waals surface area contributed by atoms with Crippen LogP contribution in [0.25, 0.3) is 0 Å². The number of carbonyl (C=O) groups is 2. The van der Waals surface area contributed by atoms with Crippen LogP contribution in [0.5, 0.6) is 5.75 Å². The van der Waals surface area contributed by atoms with E-state index in [0.29, 0.717) is 5.75 Å². The number of carboxylic acid groups (broad SMARTS) is 1. The molecule has 0 heterocycles. The third kappa shape index (κ3) is 2.21. The van der Waals surface area contributed by atoms with Crippen molar-refractivity contribution >= 4 is 11.8 Å². The minimum atomic E-state index is -1.44.